The number of halogens is 1. The number of hydrogen-bond acceptors (Lipinski definition) is 5. The Kier molecular flexibility index (Phi) is 4.91. The fraction of sp³-hybridized carbons (Fsp3) is 0.450. The van der Waals surface area contributed by atoms with Crippen molar-refractivity contribution in [1.82, 2.24) is 10.1 Å². The molecule has 1 atom stereocenters. The Labute approximate surface area is 162 Å². The highest BCUT2D eigenvalue weighted by Crippen LogP contribution is 2.39. The van der Waals surface area contributed by atoms with Crippen molar-refractivity contribution in [2.75, 3.05) is 13.1 Å². The van der Waals surface area contributed by atoms with Crippen LogP contribution >= 0.6 is 11.6 Å². The van der Waals surface area contributed by atoms with Gasteiger partial charge < -0.3 is 14.2 Å². The number of hydrogen-bond donors (Lipinski definition) is 0. The SMILES string of the molecule is O=C1CC2(CCCN(C(=O)CCc3cc(Cl)no3)CC2)Oc2ccccc21. The number of para-hydroxylation sites is 1. The first kappa shape index (κ1) is 18.0. The third kappa shape index (κ3) is 3.86. The lowest BCUT2D eigenvalue weighted by Crippen LogP contribution is -2.43. The second kappa shape index (κ2) is 7.35. The van der Waals surface area contributed by atoms with Crippen molar-refractivity contribution in [2.24, 2.45) is 0 Å². The zero-order chi connectivity index (χ0) is 18.9. The van der Waals surface area contributed by atoms with E-state index in [4.69, 9.17) is 20.9 Å². The Morgan fingerprint density at radius 3 is 2.93 bits per heavy atom. The second-order valence-electron chi connectivity index (χ2n) is 7.23. The average Bonchev–Trinajstić information content (AvgIpc) is 2.97. The number of likely N-dealkylation sites (tertiary alicyclic amines) is 1. The van der Waals surface area contributed by atoms with Gasteiger partial charge in [-0.15, -0.1) is 0 Å². The lowest BCUT2D eigenvalue weighted by Gasteiger charge is -2.37. The van der Waals surface area contributed by atoms with E-state index in [0.29, 0.717) is 61.0 Å². The van der Waals surface area contributed by atoms with E-state index in [1.165, 1.54) is 0 Å². The summed E-state index contributed by atoms with van der Waals surface area (Å²) in [5, 5.41) is 3.92. The topological polar surface area (TPSA) is 72.6 Å². The van der Waals surface area contributed by atoms with E-state index in [1.807, 2.05) is 29.2 Å². The van der Waals surface area contributed by atoms with Gasteiger partial charge in [0, 0.05) is 38.4 Å². The van der Waals surface area contributed by atoms with Gasteiger partial charge in [0.25, 0.3) is 0 Å². The van der Waals surface area contributed by atoms with Crippen molar-refractivity contribution in [3.8, 4) is 5.75 Å². The highest BCUT2D eigenvalue weighted by atomic mass is 35.5. The van der Waals surface area contributed by atoms with Gasteiger partial charge in [-0.3, -0.25) is 9.59 Å². The number of aryl methyl sites for hydroxylation is 1. The van der Waals surface area contributed by atoms with Crippen molar-refractivity contribution < 1.29 is 18.8 Å². The van der Waals surface area contributed by atoms with Gasteiger partial charge in [0.05, 0.1) is 12.0 Å². The minimum atomic E-state index is -0.501. The second-order valence-corrected chi connectivity index (χ2v) is 7.62. The van der Waals surface area contributed by atoms with Gasteiger partial charge in [0.15, 0.2) is 10.9 Å². The molecule has 142 valence electrons. The van der Waals surface area contributed by atoms with Gasteiger partial charge in [-0.1, -0.05) is 28.9 Å². The number of carbonyl (C=O) groups excluding carboxylic acids is 2. The third-order valence-corrected chi connectivity index (χ3v) is 5.54. The number of ketones is 1. The summed E-state index contributed by atoms with van der Waals surface area (Å²) in [6.07, 6.45) is 3.45. The Morgan fingerprint density at radius 1 is 1.26 bits per heavy atom. The summed E-state index contributed by atoms with van der Waals surface area (Å²) < 4.78 is 11.3. The highest BCUT2D eigenvalue weighted by Gasteiger charge is 2.41. The molecular formula is C20H21ClN2O4. The maximum Gasteiger partial charge on any atom is 0.223 e. The minimum Gasteiger partial charge on any atom is -0.486 e. The monoisotopic (exact) mass is 388 g/mol. The summed E-state index contributed by atoms with van der Waals surface area (Å²) in [5.41, 5.74) is 0.157. The Morgan fingerprint density at radius 2 is 2.11 bits per heavy atom. The first-order valence-corrected chi connectivity index (χ1v) is 9.63. The lowest BCUT2D eigenvalue weighted by atomic mass is 9.84. The van der Waals surface area contributed by atoms with Crippen LogP contribution in [0.5, 0.6) is 5.75 Å². The molecule has 1 saturated heterocycles. The molecule has 1 spiro atoms. The van der Waals surface area contributed by atoms with Crippen LogP contribution in [0, 0.1) is 0 Å². The third-order valence-electron chi connectivity index (χ3n) is 5.36. The predicted octanol–water partition coefficient (Wildman–Crippen LogP) is 3.68. The van der Waals surface area contributed by atoms with E-state index in [0.717, 1.165) is 12.8 Å². The van der Waals surface area contributed by atoms with Crippen LogP contribution in [0.4, 0.5) is 0 Å². The van der Waals surface area contributed by atoms with Crippen molar-refractivity contribution in [1.29, 1.82) is 0 Å². The number of rotatable bonds is 3. The highest BCUT2D eigenvalue weighted by molar-refractivity contribution is 6.29. The zero-order valence-electron chi connectivity index (χ0n) is 14.9. The van der Waals surface area contributed by atoms with E-state index in [-0.39, 0.29) is 11.7 Å². The summed E-state index contributed by atoms with van der Waals surface area (Å²) in [4.78, 5) is 27.0. The van der Waals surface area contributed by atoms with Crippen molar-refractivity contribution in [3.05, 3.63) is 46.8 Å². The summed E-state index contributed by atoms with van der Waals surface area (Å²) in [5.74, 6) is 1.47. The van der Waals surface area contributed by atoms with Gasteiger partial charge in [-0.25, -0.2) is 0 Å². The number of aromatic nitrogens is 1. The fourth-order valence-corrected chi connectivity index (χ4v) is 4.09. The molecule has 3 heterocycles. The van der Waals surface area contributed by atoms with Gasteiger partial charge in [-0.05, 0) is 25.0 Å². The van der Waals surface area contributed by atoms with E-state index < -0.39 is 5.60 Å². The van der Waals surface area contributed by atoms with Crippen LogP contribution in [0.1, 0.15) is 48.2 Å². The normalized spacial score (nSPS) is 22.3. The molecule has 2 aliphatic rings. The van der Waals surface area contributed by atoms with Crippen LogP contribution in [0.2, 0.25) is 5.15 Å². The number of amides is 1. The number of carbonyl (C=O) groups is 2. The maximum absolute atomic E-state index is 12.6. The number of nitrogens with zero attached hydrogens (tertiary/aromatic N) is 2. The summed E-state index contributed by atoms with van der Waals surface area (Å²) in [6, 6.07) is 9.03. The molecule has 6 nitrogen and oxygen atoms in total. The van der Waals surface area contributed by atoms with Crippen molar-refractivity contribution in [2.45, 2.75) is 44.1 Å². The van der Waals surface area contributed by atoms with Crippen molar-refractivity contribution in [3.63, 3.8) is 0 Å². The number of fused-ring (bicyclic) bond motifs is 1. The molecule has 0 bridgehead atoms. The summed E-state index contributed by atoms with van der Waals surface area (Å²) in [7, 11) is 0. The molecular weight excluding hydrogens is 368 g/mol. The number of ether oxygens (including phenoxy) is 1. The number of Topliss-reactive ketones (excluding diaryl/α,β-unsaturated/α-hetero) is 1. The molecule has 1 amide bonds. The van der Waals surface area contributed by atoms with E-state index in [2.05, 4.69) is 5.16 Å². The fourth-order valence-electron chi connectivity index (χ4n) is 3.93. The largest absolute Gasteiger partial charge is 0.486 e. The average molecular weight is 389 g/mol. The van der Waals surface area contributed by atoms with E-state index >= 15 is 0 Å². The van der Waals surface area contributed by atoms with Crippen LogP contribution in [0.15, 0.2) is 34.9 Å². The Balaban J connectivity index is 1.39. The van der Waals surface area contributed by atoms with E-state index in [9.17, 15) is 9.59 Å². The zero-order valence-corrected chi connectivity index (χ0v) is 15.7. The molecule has 0 N–H and O–H groups in total. The van der Waals surface area contributed by atoms with Gasteiger partial charge >= 0.3 is 0 Å². The van der Waals surface area contributed by atoms with Crippen LogP contribution in [-0.2, 0) is 11.2 Å². The first-order valence-electron chi connectivity index (χ1n) is 9.25. The van der Waals surface area contributed by atoms with Crippen LogP contribution in [0.3, 0.4) is 0 Å². The number of benzene rings is 1. The summed E-state index contributed by atoms with van der Waals surface area (Å²) in [6.45, 7) is 1.27. The molecule has 4 rings (SSSR count). The lowest BCUT2D eigenvalue weighted by molar-refractivity contribution is -0.131. The van der Waals surface area contributed by atoms with Crippen LogP contribution < -0.4 is 4.74 Å². The standard InChI is InChI=1S/C20H21ClN2O4/c21-18-12-14(27-22-18)6-7-19(25)23-10-3-8-20(9-11-23)13-16(24)15-4-1-2-5-17(15)26-20/h1-2,4-5,12H,3,6-11,13H2. The molecule has 1 aromatic carbocycles. The maximum atomic E-state index is 12.6. The molecule has 0 aliphatic carbocycles. The summed E-state index contributed by atoms with van der Waals surface area (Å²) >= 11 is 5.73. The van der Waals surface area contributed by atoms with Gasteiger partial charge in [0.2, 0.25) is 5.91 Å². The molecule has 1 fully saturated rings. The predicted molar refractivity (Wildman–Crippen MR) is 99.0 cm³/mol. The van der Waals surface area contributed by atoms with Crippen LogP contribution in [-0.4, -0.2) is 40.4 Å². The van der Waals surface area contributed by atoms with E-state index in [1.54, 1.807) is 6.07 Å². The Hall–Kier alpha value is -2.34. The molecule has 0 radical (unpaired) electrons. The van der Waals surface area contributed by atoms with Crippen LogP contribution in [0.25, 0.3) is 0 Å². The Bertz CT molecular complexity index is 865. The molecule has 2 aliphatic heterocycles. The van der Waals surface area contributed by atoms with Gasteiger partial charge in [0.1, 0.15) is 17.1 Å². The minimum absolute atomic E-state index is 0.0714. The molecule has 0 saturated carbocycles. The quantitative estimate of drug-likeness (QED) is 0.802. The molecule has 7 heteroatoms. The molecule has 1 unspecified atom stereocenters. The van der Waals surface area contributed by atoms with Gasteiger partial charge in [-0.2, -0.15) is 0 Å². The van der Waals surface area contributed by atoms with Crippen molar-refractivity contribution >= 4 is 23.3 Å². The molecule has 2 aromatic rings. The smallest absolute Gasteiger partial charge is 0.223 e. The molecule has 27 heavy (non-hydrogen) atoms. The molecule has 1 aromatic heterocycles. The first-order chi connectivity index (χ1) is 13.0.